The summed E-state index contributed by atoms with van der Waals surface area (Å²) >= 11 is 12.2. The summed E-state index contributed by atoms with van der Waals surface area (Å²) in [6.45, 7) is 3.26. The van der Waals surface area contributed by atoms with E-state index in [0.717, 1.165) is 11.1 Å². The van der Waals surface area contributed by atoms with Crippen LogP contribution in [0.4, 0.5) is 0 Å². The zero-order chi connectivity index (χ0) is 20.3. The van der Waals surface area contributed by atoms with Crippen LogP contribution in [0.15, 0.2) is 47.4 Å². The number of sulfonamides is 1. The molecule has 5 nitrogen and oxygen atoms in total. The number of carbonyl (C=O) groups excluding carboxylic acids is 1. The highest BCUT2D eigenvalue weighted by atomic mass is 35.5. The van der Waals surface area contributed by atoms with Crippen LogP contribution >= 0.6 is 23.2 Å². The fraction of sp³-hybridized carbons (Fsp3) is 0.350. The van der Waals surface area contributed by atoms with Crippen molar-refractivity contribution in [1.82, 2.24) is 9.21 Å². The molecule has 0 saturated carbocycles. The van der Waals surface area contributed by atoms with Gasteiger partial charge in [0.05, 0.1) is 14.9 Å². The van der Waals surface area contributed by atoms with Gasteiger partial charge in [0.2, 0.25) is 15.9 Å². The van der Waals surface area contributed by atoms with Gasteiger partial charge in [-0.25, -0.2) is 8.42 Å². The highest BCUT2D eigenvalue weighted by molar-refractivity contribution is 7.89. The number of aryl methyl sites for hydroxylation is 2. The Morgan fingerprint density at radius 3 is 2.29 bits per heavy atom. The van der Waals surface area contributed by atoms with Crippen LogP contribution in [0.5, 0.6) is 0 Å². The van der Waals surface area contributed by atoms with Crippen molar-refractivity contribution in [3.8, 4) is 0 Å². The van der Waals surface area contributed by atoms with Crippen LogP contribution in [0.3, 0.4) is 0 Å². The van der Waals surface area contributed by atoms with Gasteiger partial charge in [0.15, 0.2) is 0 Å². The number of hydrogen-bond acceptors (Lipinski definition) is 3. The lowest BCUT2D eigenvalue weighted by Crippen LogP contribution is -2.50. The monoisotopic (exact) mass is 440 g/mol. The molecule has 0 unspecified atom stereocenters. The van der Waals surface area contributed by atoms with E-state index in [2.05, 4.69) is 0 Å². The molecule has 0 radical (unpaired) electrons. The summed E-state index contributed by atoms with van der Waals surface area (Å²) in [5.74, 6) is -0.0107. The van der Waals surface area contributed by atoms with E-state index in [-0.39, 0.29) is 10.8 Å². The lowest BCUT2D eigenvalue weighted by atomic mass is 10.1. The van der Waals surface area contributed by atoms with Crippen LogP contribution in [0.1, 0.15) is 17.5 Å². The van der Waals surface area contributed by atoms with Gasteiger partial charge < -0.3 is 4.90 Å². The third-order valence-corrected chi connectivity index (χ3v) is 7.66. The number of piperazine rings is 1. The van der Waals surface area contributed by atoms with Crippen molar-refractivity contribution >= 4 is 39.1 Å². The Hall–Kier alpha value is -1.60. The van der Waals surface area contributed by atoms with E-state index in [1.807, 2.05) is 19.1 Å². The van der Waals surface area contributed by atoms with Crippen LogP contribution in [-0.2, 0) is 21.2 Å². The maximum absolute atomic E-state index is 12.8. The summed E-state index contributed by atoms with van der Waals surface area (Å²) < 4.78 is 26.9. The quantitative estimate of drug-likeness (QED) is 0.710. The van der Waals surface area contributed by atoms with Crippen molar-refractivity contribution in [2.24, 2.45) is 0 Å². The summed E-state index contributed by atoms with van der Waals surface area (Å²) in [7, 11) is -3.53. The molecule has 0 atom stereocenters. The molecule has 0 bridgehead atoms. The van der Waals surface area contributed by atoms with Crippen molar-refractivity contribution in [3.63, 3.8) is 0 Å². The molecule has 1 amide bonds. The molecule has 1 aliphatic heterocycles. The molecule has 2 aromatic carbocycles. The minimum atomic E-state index is -3.53. The summed E-state index contributed by atoms with van der Waals surface area (Å²) in [6.07, 6.45) is 0.810. The third-order valence-electron chi connectivity index (χ3n) is 4.89. The van der Waals surface area contributed by atoms with E-state index in [9.17, 15) is 13.2 Å². The number of benzene rings is 2. The van der Waals surface area contributed by atoms with Crippen molar-refractivity contribution in [1.29, 1.82) is 0 Å². The van der Waals surface area contributed by atoms with Crippen molar-refractivity contribution in [2.75, 3.05) is 26.2 Å². The smallest absolute Gasteiger partial charge is 0.243 e. The molecule has 1 fully saturated rings. The molecule has 3 rings (SSSR count). The Labute approximate surface area is 175 Å². The third kappa shape index (κ3) is 4.69. The Kier molecular flexibility index (Phi) is 6.65. The lowest BCUT2D eigenvalue weighted by molar-refractivity contribution is -0.132. The predicted molar refractivity (Wildman–Crippen MR) is 111 cm³/mol. The molecule has 1 aliphatic rings. The van der Waals surface area contributed by atoms with E-state index in [0.29, 0.717) is 49.1 Å². The van der Waals surface area contributed by atoms with Gasteiger partial charge in [0.25, 0.3) is 0 Å². The van der Waals surface area contributed by atoms with Gasteiger partial charge >= 0.3 is 0 Å². The van der Waals surface area contributed by atoms with Gasteiger partial charge in [-0.3, -0.25) is 4.79 Å². The maximum Gasteiger partial charge on any atom is 0.243 e. The van der Waals surface area contributed by atoms with E-state index < -0.39 is 10.0 Å². The summed E-state index contributed by atoms with van der Waals surface area (Å²) in [4.78, 5) is 14.5. The Morgan fingerprint density at radius 2 is 1.64 bits per heavy atom. The number of amides is 1. The molecule has 1 saturated heterocycles. The van der Waals surface area contributed by atoms with Crippen LogP contribution in [-0.4, -0.2) is 49.7 Å². The van der Waals surface area contributed by atoms with E-state index in [1.165, 1.54) is 4.31 Å². The predicted octanol–water partition coefficient (Wildman–Crippen LogP) is 3.77. The molecule has 28 heavy (non-hydrogen) atoms. The van der Waals surface area contributed by atoms with Crippen LogP contribution in [0.2, 0.25) is 10.0 Å². The van der Waals surface area contributed by atoms with Gasteiger partial charge in [0, 0.05) is 32.6 Å². The van der Waals surface area contributed by atoms with Crippen LogP contribution in [0.25, 0.3) is 0 Å². The minimum absolute atomic E-state index is 0.0107. The topological polar surface area (TPSA) is 57.7 Å². The minimum Gasteiger partial charge on any atom is -0.340 e. The van der Waals surface area contributed by atoms with Gasteiger partial charge in [-0.1, -0.05) is 53.0 Å². The second-order valence-electron chi connectivity index (χ2n) is 6.81. The normalized spacial score (nSPS) is 15.6. The number of carbonyl (C=O) groups is 1. The second kappa shape index (κ2) is 8.82. The molecule has 0 aromatic heterocycles. The molecule has 0 N–H and O–H groups in total. The summed E-state index contributed by atoms with van der Waals surface area (Å²) in [6, 6.07) is 12.2. The van der Waals surface area contributed by atoms with Gasteiger partial charge in [-0.05, 0) is 37.1 Å². The van der Waals surface area contributed by atoms with Crippen molar-refractivity contribution in [3.05, 3.63) is 63.6 Å². The van der Waals surface area contributed by atoms with Crippen LogP contribution < -0.4 is 0 Å². The highest BCUT2D eigenvalue weighted by Crippen LogP contribution is 2.26. The summed E-state index contributed by atoms with van der Waals surface area (Å²) in [5.41, 5.74) is 1.84. The van der Waals surface area contributed by atoms with E-state index >= 15 is 0 Å². The number of rotatable bonds is 5. The molecule has 0 spiro atoms. The standard InChI is InChI=1S/C20H22Cl2N2O3S/c1-15-5-8-17(9-6-15)28(26,27)24-13-11-23(12-14-24)19(25)10-7-16-3-2-4-18(21)20(16)22/h2-6,8-9H,7,10-14H2,1H3. The molecule has 1 heterocycles. The fourth-order valence-corrected chi connectivity index (χ4v) is 5.02. The fourth-order valence-electron chi connectivity index (χ4n) is 3.18. The number of halogens is 2. The summed E-state index contributed by atoms with van der Waals surface area (Å²) in [5, 5.41) is 0.951. The first kappa shape index (κ1) is 21.1. The zero-order valence-electron chi connectivity index (χ0n) is 15.6. The van der Waals surface area contributed by atoms with E-state index in [1.54, 1.807) is 35.2 Å². The second-order valence-corrected chi connectivity index (χ2v) is 9.53. The Balaban J connectivity index is 1.56. The molecule has 0 aliphatic carbocycles. The maximum atomic E-state index is 12.8. The molecular formula is C20H22Cl2N2O3S. The van der Waals surface area contributed by atoms with Gasteiger partial charge in [0.1, 0.15) is 0 Å². The van der Waals surface area contributed by atoms with Gasteiger partial charge in [-0.15, -0.1) is 0 Å². The molecular weight excluding hydrogens is 419 g/mol. The first-order chi connectivity index (χ1) is 13.3. The Bertz CT molecular complexity index is 954. The van der Waals surface area contributed by atoms with Crippen molar-refractivity contribution < 1.29 is 13.2 Å². The van der Waals surface area contributed by atoms with Crippen molar-refractivity contribution in [2.45, 2.75) is 24.7 Å². The van der Waals surface area contributed by atoms with E-state index in [4.69, 9.17) is 23.2 Å². The Morgan fingerprint density at radius 1 is 1.00 bits per heavy atom. The highest BCUT2D eigenvalue weighted by Gasteiger charge is 2.29. The first-order valence-electron chi connectivity index (χ1n) is 9.06. The molecule has 150 valence electrons. The molecule has 2 aromatic rings. The van der Waals surface area contributed by atoms with Gasteiger partial charge in [-0.2, -0.15) is 4.31 Å². The largest absolute Gasteiger partial charge is 0.340 e. The average Bonchev–Trinajstić information content (AvgIpc) is 2.69. The zero-order valence-corrected chi connectivity index (χ0v) is 17.9. The average molecular weight is 441 g/mol. The lowest BCUT2D eigenvalue weighted by Gasteiger charge is -2.34. The SMILES string of the molecule is Cc1ccc(S(=O)(=O)N2CCN(C(=O)CCc3cccc(Cl)c3Cl)CC2)cc1. The van der Waals surface area contributed by atoms with Crippen LogP contribution in [0, 0.1) is 6.92 Å². The number of hydrogen-bond donors (Lipinski definition) is 0. The molecule has 8 heteroatoms. The number of nitrogens with zero attached hydrogens (tertiary/aromatic N) is 2. The first-order valence-corrected chi connectivity index (χ1v) is 11.3.